The number of thiol groups is 1. The van der Waals surface area contributed by atoms with E-state index in [0.29, 0.717) is 21.5 Å². The van der Waals surface area contributed by atoms with Crippen molar-refractivity contribution in [2.45, 2.75) is 38.3 Å². The summed E-state index contributed by atoms with van der Waals surface area (Å²) in [6.45, 7) is 1.98. The van der Waals surface area contributed by atoms with Gasteiger partial charge in [-0.15, -0.1) is 11.3 Å². The third-order valence-corrected chi connectivity index (χ3v) is 7.25. The van der Waals surface area contributed by atoms with Gasteiger partial charge in [-0.2, -0.15) is 0 Å². The van der Waals surface area contributed by atoms with Gasteiger partial charge in [-0.3, -0.25) is 9.80 Å². The Hall–Kier alpha value is -3.52. The van der Waals surface area contributed by atoms with Crippen LogP contribution in [0.1, 0.15) is 34.8 Å². The van der Waals surface area contributed by atoms with Gasteiger partial charge in [-0.05, 0) is 29.7 Å². The zero-order chi connectivity index (χ0) is 26.9. The number of aryl methyl sites for hydroxylation is 1. The number of nitrogens with zero attached hydrogens (tertiary/aromatic N) is 3. The number of nitrogens with one attached hydrogen (secondary N) is 1. The molecule has 0 saturated heterocycles. The molecule has 11 nitrogen and oxygen atoms in total. The number of amides is 2. The van der Waals surface area contributed by atoms with Crippen LogP contribution in [-0.2, 0) is 39.7 Å². The monoisotopic (exact) mass is 546 g/mol. The third-order valence-electron chi connectivity index (χ3n) is 5.67. The van der Waals surface area contributed by atoms with Crippen LogP contribution in [0.3, 0.4) is 0 Å². The predicted octanol–water partition coefficient (Wildman–Crippen LogP) is 1.87. The highest BCUT2D eigenvalue weighted by Gasteiger charge is 2.32. The van der Waals surface area contributed by atoms with Gasteiger partial charge in [0.05, 0.1) is 18.5 Å². The Bertz CT molecular complexity index is 1260. The molecule has 2 amide bonds. The molecule has 3 aromatic rings. The average Bonchev–Trinajstić information content (AvgIpc) is 3.40. The minimum Gasteiger partial charge on any atom is -0.453 e. The molecule has 0 aliphatic heterocycles. The summed E-state index contributed by atoms with van der Waals surface area (Å²) in [6, 6.07) is 14.2. The minimum absolute atomic E-state index is 0.210. The summed E-state index contributed by atoms with van der Waals surface area (Å²) in [5.41, 5.74) is 2.78. The first-order valence-electron chi connectivity index (χ1n) is 11.4. The Morgan fingerprint density at radius 1 is 1.05 bits per heavy atom. The van der Waals surface area contributed by atoms with Gasteiger partial charge in [-0.1, -0.05) is 49.4 Å². The minimum atomic E-state index is -2.97. The van der Waals surface area contributed by atoms with E-state index in [1.165, 1.54) is 18.4 Å². The molecule has 13 heteroatoms. The standard InChI is InChI=1S/C24H30N6O5S2/c1-3-18-15-36-22(27-18)21(14-17-9-11-19(12-10-17)30(26)37(33)34)29(25)23(31)20(28-24(32)35-2)13-16-7-5-4-6-8-16/h4-12,15,20-21,37H,3,13-14,25-26H2,1-2H3,(H,28,32)/t20-,21-/m0/s1. The summed E-state index contributed by atoms with van der Waals surface area (Å²) in [4.78, 5) is 30.3. The second-order valence-electron chi connectivity index (χ2n) is 8.12. The number of nitrogens with two attached hydrogens (primary N) is 2. The molecule has 0 saturated carbocycles. The number of anilines is 1. The van der Waals surface area contributed by atoms with Gasteiger partial charge in [0.2, 0.25) is 10.9 Å². The van der Waals surface area contributed by atoms with Crippen LogP contribution in [-0.4, -0.2) is 43.6 Å². The molecule has 2 aromatic carbocycles. The highest BCUT2D eigenvalue weighted by molar-refractivity contribution is 7.73. The Balaban J connectivity index is 1.90. The number of aromatic nitrogens is 1. The molecule has 0 bridgehead atoms. The summed E-state index contributed by atoms with van der Waals surface area (Å²) < 4.78 is 27.7. The van der Waals surface area contributed by atoms with E-state index in [-0.39, 0.29) is 6.42 Å². The van der Waals surface area contributed by atoms with Crippen LogP contribution in [0.15, 0.2) is 60.0 Å². The van der Waals surface area contributed by atoms with Gasteiger partial charge in [0.15, 0.2) is 0 Å². The SMILES string of the molecule is CCc1csc([C@H](Cc2ccc(N(N)[SH](=O)=O)cc2)N(N)C(=O)[C@H](Cc2ccccc2)NC(=O)OC)n1. The van der Waals surface area contributed by atoms with Crippen LogP contribution in [0, 0.1) is 0 Å². The van der Waals surface area contributed by atoms with Crippen molar-refractivity contribution >= 4 is 39.9 Å². The number of methoxy groups -OCH3 is 1. The molecule has 5 N–H and O–H groups in total. The molecule has 0 fully saturated rings. The fraction of sp³-hybridized carbons (Fsp3) is 0.292. The number of hydrazine groups is 2. The van der Waals surface area contributed by atoms with Crippen LogP contribution in [0.5, 0.6) is 0 Å². The molecule has 0 aliphatic rings. The van der Waals surface area contributed by atoms with Crippen molar-refractivity contribution in [3.05, 3.63) is 81.8 Å². The molecule has 1 aromatic heterocycles. The number of hydrogen-bond donors (Lipinski definition) is 4. The van der Waals surface area contributed by atoms with Crippen LogP contribution in [0.4, 0.5) is 10.5 Å². The molecule has 3 rings (SSSR count). The highest BCUT2D eigenvalue weighted by atomic mass is 32.2. The Morgan fingerprint density at radius 2 is 1.70 bits per heavy atom. The van der Waals surface area contributed by atoms with E-state index in [9.17, 15) is 18.0 Å². The van der Waals surface area contributed by atoms with E-state index in [4.69, 9.17) is 16.4 Å². The van der Waals surface area contributed by atoms with Gasteiger partial charge >= 0.3 is 6.09 Å². The average molecular weight is 547 g/mol. The number of hydrogen-bond acceptors (Lipinski definition) is 9. The normalized spacial score (nSPS) is 12.6. The first-order chi connectivity index (χ1) is 17.7. The van der Waals surface area contributed by atoms with Gasteiger partial charge in [-0.25, -0.2) is 34.3 Å². The predicted molar refractivity (Wildman–Crippen MR) is 142 cm³/mol. The smallest absolute Gasteiger partial charge is 0.407 e. The lowest BCUT2D eigenvalue weighted by Gasteiger charge is -2.30. The number of carbonyl (C=O) groups excluding carboxylic acids is 2. The number of benzene rings is 2. The van der Waals surface area contributed by atoms with Gasteiger partial charge < -0.3 is 10.1 Å². The van der Waals surface area contributed by atoms with Gasteiger partial charge in [0.25, 0.3) is 5.91 Å². The Labute approximate surface area is 221 Å². The van der Waals surface area contributed by atoms with Crippen molar-refractivity contribution in [3.63, 3.8) is 0 Å². The molecular weight excluding hydrogens is 516 g/mol. The lowest BCUT2D eigenvalue weighted by molar-refractivity contribution is -0.136. The second kappa shape index (κ2) is 13.1. The van der Waals surface area contributed by atoms with Crippen molar-refractivity contribution in [3.8, 4) is 0 Å². The third kappa shape index (κ3) is 7.49. The van der Waals surface area contributed by atoms with Crippen LogP contribution >= 0.6 is 11.3 Å². The molecule has 198 valence electrons. The fourth-order valence-corrected chi connectivity index (χ4v) is 4.95. The maximum absolute atomic E-state index is 13.6. The quantitative estimate of drug-likeness (QED) is 0.123. The zero-order valence-corrected chi connectivity index (χ0v) is 22.2. The molecule has 2 atom stereocenters. The lowest BCUT2D eigenvalue weighted by atomic mass is 10.0. The number of carbonyl (C=O) groups is 2. The van der Waals surface area contributed by atoms with Crippen molar-refractivity contribution < 1.29 is 22.7 Å². The number of ether oxygens (including phenoxy) is 1. The van der Waals surface area contributed by atoms with E-state index in [2.05, 4.69) is 10.3 Å². The van der Waals surface area contributed by atoms with Crippen molar-refractivity contribution in [2.24, 2.45) is 11.7 Å². The maximum Gasteiger partial charge on any atom is 0.407 e. The molecular formula is C24H30N6O5S2. The van der Waals surface area contributed by atoms with Crippen LogP contribution in [0.2, 0.25) is 0 Å². The van der Waals surface area contributed by atoms with Crippen molar-refractivity contribution in [1.82, 2.24) is 15.3 Å². The molecule has 37 heavy (non-hydrogen) atoms. The van der Waals surface area contributed by atoms with Crippen LogP contribution in [0.25, 0.3) is 0 Å². The maximum atomic E-state index is 13.6. The molecule has 0 radical (unpaired) electrons. The van der Waals surface area contributed by atoms with E-state index in [1.807, 2.05) is 42.6 Å². The topological polar surface area (TPSA) is 161 Å². The Morgan fingerprint density at radius 3 is 2.27 bits per heavy atom. The van der Waals surface area contributed by atoms with Crippen LogP contribution < -0.4 is 21.4 Å². The summed E-state index contributed by atoms with van der Waals surface area (Å²) in [7, 11) is -1.75. The van der Waals surface area contributed by atoms with E-state index >= 15 is 0 Å². The number of thiazole rings is 1. The van der Waals surface area contributed by atoms with E-state index in [0.717, 1.165) is 28.3 Å². The molecule has 0 unspecified atom stereocenters. The molecule has 0 spiro atoms. The van der Waals surface area contributed by atoms with Gasteiger partial charge in [0.1, 0.15) is 17.1 Å². The van der Waals surface area contributed by atoms with E-state index in [1.54, 1.807) is 24.3 Å². The fourth-order valence-electron chi connectivity index (χ4n) is 3.63. The highest BCUT2D eigenvalue weighted by Crippen LogP contribution is 2.28. The number of alkyl carbamates (subject to hydrolysis) is 1. The summed E-state index contributed by atoms with van der Waals surface area (Å²) in [5, 5.41) is 6.23. The Kier molecular flexibility index (Phi) is 9.97. The van der Waals surface area contributed by atoms with E-state index < -0.39 is 35.0 Å². The van der Waals surface area contributed by atoms with Gasteiger partial charge in [0, 0.05) is 18.2 Å². The first kappa shape index (κ1) is 28.1. The summed E-state index contributed by atoms with van der Waals surface area (Å²) in [5.74, 6) is 11.5. The van der Waals surface area contributed by atoms with Crippen molar-refractivity contribution in [2.75, 3.05) is 11.5 Å². The molecule has 1 heterocycles. The summed E-state index contributed by atoms with van der Waals surface area (Å²) in [6.07, 6.45) is 0.474. The first-order valence-corrected chi connectivity index (χ1v) is 13.4. The summed E-state index contributed by atoms with van der Waals surface area (Å²) >= 11 is 1.39. The lowest BCUT2D eigenvalue weighted by Crippen LogP contribution is -2.53. The second-order valence-corrected chi connectivity index (χ2v) is 9.92. The number of rotatable bonds is 11. The zero-order valence-electron chi connectivity index (χ0n) is 20.4. The largest absolute Gasteiger partial charge is 0.453 e. The molecule has 0 aliphatic carbocycles. The van der Waals surface area contributed by atoms with Crippen molar-refractivity contribution in [1.29, 1.82) is 0 Å².